The zero-order valence-corrected chi connectivity index (χ0v) is 13.1. The minimum absolute atomic E-state index is 0.0884. The Morgan fingerprint density at radius 3 is 2.15 bits per heavy atom. The number of benzene rings is 1. The van der Waals surface area contributed by atoms with Crippen LogP contribution >= 0.6 is 0 Å². The first kappa shape index (κ1) is 14.6. The van der Waals surface area contributed by atoms with E-state index in [4.69, 9.17) is 9.40 Å². The molecule has 0 N–H and O–H groups in total. The van der Waals surface area contributed by atoms with Crippen LogP contribution in [0.4, 0.5) is 5.88 Å². The average molecular weight is 272 g/mol. The molecule has 0 saturated heterocycles. The van der Waals surface area contributed by atoms with Gasteiger partial charge in [0.05, 0.1) is 0 Å². The topological polar surface area (TPSA) is 29.3 Å². The smallest absolute Gasteiger partial charge is 0.224 e. The first-order chi connectivity index (χ1) is 9.47. The summed E-state index contributed by atoms with van der Waals surface area (Å²) in [5.74, 6) is 1.67. The van der Waals surface area contributed by atoms with Gasteiger partial charge in [-0.15, -0.1) is 0 Å². The highest BCUT2D eigenvalue weighted by atomic mass is 16.4. The van der Waals surface area contributed by atoms with E-state index in [0.717, 1.165) is 36.1 Å². The van der Waals surface area contributed by atoms with Crippen molar-refractivity contribution in [2.75, 3.05) is 18.0 Å². The van der Waals surface area contributed by atoms with Gasteiger partial charge in [0.2, 0.25) is 11.8 Å². The van der Waals surface area contributed by atoms with Crippen LogP contribution in [0.1, 0.15) is 40.5 Å². The predicted octanol–water partition coefficient (Wildman–Crippen LogP) is 4.49. The molecule has 0 aliphatic rings. The molecule has 0 aliphatic heterocycles. The van der Waals surface area contributed by atoms with Crippen LogP contribution in [0.2, 0.25) is 0 Å². The van der Waals surface area contributed by atoms with Crippen LogP contribution in [0.15, 0.2) is 34.7 Å². The molecule has 3 nitrogen and oxygen atoms in total. The molecule has 0 atom stereocenters. The first-order valence-corrected chi connectivity index (χ1v) is 7.29. The van der Waals surface area contributed by atoms with Crippen LogP contribution < -0.4 is 4.90 Å². The lowest BCUT2D eigenvalue weighted by Crippen LogP contribution is -2.21. The van der Waals surface area contributed by atoms with Crippen LogP contribution in [0.5, 0.6) is 0 Å². The van der Waals surface area contributed by atoms with Crippen molar-refractivity contribution in [1.29, 1.82) is 0 Å². The summed E-state index contributed by atoms with van der Waals surface area (Å²) in [5, 5.41) is 0. The standard InChI is InChI=1S/C17H24N2O/c1-6-19(7-2)15-14(13-11-9-8-10-12-13)18-16(20-15)17(3,4)5/h8-12H,6-7H2,1-5H3. The normalized spacial score (nSPS) is 11.7. The summed E-state index contributed by atoms with van der Waals surface area (Å²) in [6.07, 6.45) is 0. The largest absolute Gasteiger partial charge is 0.424 e. The summed E-state index contributed by atoms with van der Waals surface area (Å²) in [4.78, 5) is 6.97. The van der Waals surface area contributed by atoms with E-state index in [9.17, 15) is 0 Å². The van der Waals surface area contributed by atoms with Gasteiger partial charge < -0.3 is 9.32 Å². The van der Waals surface area contributed by atoms with Crippen molar-refractivity contribution in [3.8, 4) is 11.3 Å². The van der Waals surface area contributed by atoms with Crippen molar-refractivity contribution in [1.82, 2.24) is 4.98 Å². The van der Waals surface area contributed by atoms with Gasteiger partial charge in [-0.3, -0.25) is 0 Å². The Morgan fingerprint density at radius 2 is 1.65 bits per heavy atom. The fourth-order valence-electron chi connectivity index (χ4n) is 2.14. The molecule has 20 heavy (non-hydrogen) atoms. The van der Waals surface area contributed by atoms with Crippen molar-refractivity contribution < 1.29 is 4.42 Å². The van der Waals surface area contributed by atoms with E-state index in [1.54, 1.807) is 0 Å². The van der Waals surface area contributed by atoms with Crippen molar-refractivity contribution in [3.63, 3.8) is 0 Å². The summed E-state index contributed by atoms with van der Waals surface area (Å²) in [7, 11) is 0. The molecule has 2 rings (SSSR count). The zero-order valence-electron chi connectivity index (χ0n) is 13.1. The molecule has 0 radical (unpaired) electrons. The maximum Gasteiger partial charge on any atom is 0.224 e. The molecule has 0 amide bonds. The van der Waals surface area contributed by atoms with Crippen LogP contribution in [-0.4, -0.2) is 18.1 Å². The summed E-state index contributed by atoms with van der Waals surface area (Å²) in [5.41, 5.74) is 1.96. The second-order valence-electron chi connectivity index (χ2n) is 5.96. The van der Waals surface area contributed by atoms with Crippen molar-refractivity contribution in [2.24, 2.45) is 0 Å². The van der Waals surface area contributed by atoms with E-state index in [-0.39, 0.29) is 5.41 Å². The fraction of sp³-hybridized carbons (Fsp3) is 0.471. The van der Waals surface area contributed by atoms with Gasteiger partial charge in [-0.25, -0.2) is 4.98 Å². The summed E-state index contributed by atoms with van der Waals surface area (Å²) >= 11 is 0. The van der Waals surface area contributed by atoms with Gasteiger partial charge in [0.1, 0.15) is 5.69 Å². The van der Waals surface area contributed by atoms with Crippen molar-refractivity contribution in [2.45, 2.75) is 40.0 Å². The molecule has 1 aromatic carbocycles. The second kappa shape index (κ2) is 5.70. The average Bonchev–Trinajstić information content (AvgIpc) is 2.86. The zero-order chi connectivity index (χ0) is 14.8. The third-order valence-electron chi connectivity index (χ3n) is 3.35. The fourth-order valence-corrected chi connectivity index (χ4v) is 2.14. The number of aromatic nitrogens is 1. The lowest BCUT2D eigenvalue weighted by Gasteiger charge is -2.19. The number of hydrogen-bond acceptors (Lipinski definition) is 3. The molecule has 3 heteroatoms. The van der Waals surface area contributed by atoms with Crippen LogP contribution in [0.25, 0.3) is 11.3 Å². The maximum atomic E-state index is 6.09. The third kappa shape index (κ3) is 2.87. The van der Waals surface area contributed by atoms with Crippen molar-refractivity contribution >= 4 is 5.88 Å². The molecular formula is C17H24N2O. The Kier molecular flexibility index (Phi) is 4.17. The van der Waals surface area contributed by atoms with Gasteiger partial charge in [0, 0.05) is 24.1 Å². The van der Waals surface area contributed by atoms with E-state index in [2.05, 4.69) is 51.7 Å². The molecule has 1 heterocycles. The predicted molar refractivity (Wildman–Crippen MR) is 84.2 cm³/mol. The molecular weight excluding hydrogens is 248 g/mol. The Labute approximate surface area is 121 Å². The molecule has 0 bridgehead atoms. The van der Waals surface area contributed by atoms with E-state index in [0.29, 0.717) is 0 Å². The molecule has 0 fully saturated rings. The van der Waals surface area contributed by atoms with E-state index >= 15 is 0 Å². The third-order valence-corrected chi connectivity index (χ3v) is 3.35. The van der Waals surface area contributed by atoms with Crippen LogP contribution in [0, 0.1) is 0 Å². The van der Waals surface area contributed by atoms with Crippen LogP contribution in [0.3, 0.4) is 0 Å². The van der Waals surface area contributed by atoms with E-state index in [1.807, 2.05) is 18.2 Å². The molecule has 1 aromatic heterocycles. The molecule has 0 saturated carbocycles. The number of anilines is 1. The lowest BCUT2D eigenvalue weighted by atomic mass is 9.97. The van der Waals surface area contributed by atoms with Gasteiger partial charge in [0.15, 0.2) is 0 Å². The Morgan fingerprint density at radius 1 is 1.05 bits per heavy atom. The molecule has 108 valence electrons. The SMILES string of the molecule is CCN(CC)c1oc(C(C)(C)C)nc1-c1ccccc1. The Hall–Kier alpha value is -1.77. The first-order valence-electron chi connectivity index (χ1n) is 7.29. The van der Waals surface area contributed by atoms with E-state index in [1.165, 1.54) is 0 Å². The second-order valence-corrected chi connectivity index (χ2v) is 5.96. The molecule has 2 aromatic rings. The van der Waals surface area contributed by atoms with Gasteiger partial charge in [-0.1, -0.05) is 51.1 Å². The molecule has 0 aliphatic carbocycles. The Bertz CT molecular complexity index is 548. The highest BCUT2D eigenvalue weighted by Crippen LogP contribution is 2.35. The summed E-state index contributed by atoms with van der Waals surface area (Å²) < 4.78 is 6.09. The van der Waals surface area contributed by atoms with Gasteiger partial charge in [-0.2, -0.15) is 0 Å². The number of nitrogens with zero attached hydrogens (tertiary/aromatic N) is 2. The van der Waals surface area contributed by atoms with Gasteiger partial charge >= 0.3 is 0 Å². The van der Waals surface area contributed by atoms with Crippen molar-refractivity contribution in [3.05, 3.63) is 36.2 Å². The summed E-state index contributed by atoms with van der Waals surface area (Å²) in [6, 6.07) is 10.2. The number of hydrogen-bond donors (Lipinski definition) is 0. The van der Waals surface area contributed by atoms with E-state index < -0.39 is 0 Å². The monoisotopic (exact) mass is 272 g/mol. The number of oxazole rings is 1. The molecule has 0 unspecified atom stereocenters. The molecule has 0 spiro atoms. The minimum atomic E-state index is -0.0884. The number of rotatable bonds is 4. The highest BCUT2D eigenvalue weighted by Gasteiger charge is 2.26. The minimum Gasteiger partial charge on any atom is -0.424 e. The van der Waals surface area contributed by atoms with Gasteiger partial charge in [0.25, 0.3) is 0 Å². The maximum absolute atomic E-state index is 6.09. The Balaban J connectivity index is 2.56. The van der Waals surface area contributed by atoms with Gasteiger partial charge in [-0.05, 0) is 13.8 Å². The summed E-state index contributed by atoms with van der Waals surface area (Å²) in [6.45, 7) is 12.5. The van der Waals surface area contributed by atoms with Crippen LogP contribution in [-0.2, 0) is 5.41 Å². The lowest BCUT2D eigenvalue weighted by molar-refractivity contribution is 0.392. The quantitative estimate of drug-likeness (QED) is 0.821. The highest BCUT2D eigenvalue weighted by molar-refractivity contribution is 5.71.